The first-order valence-electron chi connectivity index (χ1n) is 12.1. The Labute approximate surface area is 213 Å². The number of aliphatic hydroxyl groups excluding tert-OH is 1. The molecule has 0 aromatic heterocycles. The van der Waals surface area contributed by atoms with Gasteiger partial charge in [0, 0.05) is 35.5 Å². The molecule has 1 spiro atoms. The van der Waals surface area contributed by atoms with Crippen molar-refractivity contribution in [3.05, 3.63) is 29.3 Å². The van der Waals surface area contributed by atoms with Crippen LogP contribution < -0.4 is 10.6 Å². The highest BCUT2D eigenvalue weighted by atomic mass is 79.9. The molecular formula is C25H34BrN3O4S. The summed E-state index contributed by atoms with van der Waals surface area (Å²) in [5.74, 6) is -1.36. The molecule has 3 aliphatic rings. The summed E-state index contributed by atoms with van der Waals surface area (Å²) >= 11 is 5.43. The van der Waals surface area contributed by atoms with Gasteiger partial charge in [-0.1, -0.05) is 41.1 Å². The van der Waals surface area contributed by atoms with Crippen molar-refractivity contribution in [2.45, 2.75) is 67.3 Å². The molecule has 7 nitrogen and oxygen atoms in total. The first kappa shape index (κ1) is 25.5. The zero-order valence-corrected chi connectivity index (χ0v) is 22.4. The summed E-state index contributed by atoms with van der Waals surface area (Å²) in [6, 6.07) is 5.21. The number of aliphatic hydroxyl groups is 1. The normalized spacial score (nSPS) is 31.6. The van der Waals surface area contributed by atoms with Gasteiger partial charge in [0.25, 0.3) is 0 Å². The van der Waals surface area contributed by atoms with E-state index in [9.17, 15) is 19.5 Å². The number of carbonyl (C=O) groups is 3. The smallest absolute Gasteiger partial charge is 0.248 e. The summed E-state index contributed by atoms with van der Waals surface area (Å²) in [5, 5.41) is 15.4. The monoisotopic (exact) mass is 551 g/mol. The quantitative estimate of drug-likeness (QED) is 0.323. The van der Waals surface area contributed by atoms with Crippen molar-refractivity contribution in [3.63, 3.8) is 0 Å². The number of hydrogen-bond donors (Lipinski definition) is 3. The molecule has 3 saturated heterocycles. The van der Waals surface area contributed by atoms with Gasteiger partial charge in [-0.2, -0.15) is 0 Å². The van der Waals surface area contributed by atoms with Gasteiger partial charge in [0.15, 0.2) is 0 Å². The van der Waals surface area contributed by atoms with Crippen LogP contribution in [-0.4, -0.2) is 68.3 Å². The largest absolute Gasteiger partial charge is 0.396 e. The number of hydrogen-bond acceptors (Lipinski definition) is 5. The van der Waals surface area contributed by atoms with Gasteiger partial charge in [0.05, 0.1) is 16.6 Å². The fourth-order valence-corrected chi connectivity index (χ4v) is 9.55. The summed E-state index contributed by atoms with van der Waals surface area (Å²) in [7, 11) is 0. The molecule has 2 bridgehead atoms. The van der Waals surface area contributed by atoms with Gasteiger partial charge in [-0.3, -0.25) is 14.4 Å². The van der Waals surface area contributed by atoms with Crippen molar-refractivity contribution in [1.29, 1.82) is 0 Å². The molecule has 0 radical (unpaired) electrons. The number of nitrogens with one attached hydrogen (secondary N) is 2. The van der Waals surface area contributed by atoms with E-state index < -0.39 is 22.6 Å². The van der Waals surface area contributed by atoms with Crippen LogP contribution in [-0.2, 0) is 14.4 Å². The maximum absolute atomic E-state index is 13.9. The van der Waals surface area contributed by atoms with Crippen molar-refractivity contribution in [2.75, 3.05) is 25.0 Å². The molecule has 34 heavy (non-hydrogen) atoms. The number of aryl methyl sites for hydroxylation is 2. The number of halogens is 1. The fraction of sp³-hybridized carbons (Fsp3) is 0.640. The number of alkyl halides is 1. The van der Waals surface area contributed by atoms with E-state index in [-0.39, 0.29) is 34.4 Å². The summed E-state index contributed by atoms with van der Waals surface area (Å²) in [4.78, 5) is 42.7. The molecule has 1 aromatic rings. The third-order valence-corrected chi connectivity index (χ3v) is 10.6. The second-order valence-electron chi connectivity index (χ2n) is 9.67. The standard InChI is InChI=1S/C25H34BrN3O4S/c1-4-10-27-22(31)17-18-24(33)29(11-5-6-12-30)21(25(18)13-16(26)20(17)34-25)23(32)28-19-14(2)8-7-9-15(19)3/h7-9,16-18,20-21,30H,4-6,10-13H2,1-3H3,(H,27,31)(H,28,32)/t16?,17-,18+,20-,21?,25?/m1/s1. The van der Waals surface area contributed by atoms with Crippen molar-refractivity contribution in [3.8, 4) is 0 Å². The lowest BCUT2D eigenvalue weighted by molar-refractivity contribution is -0.139. The molecule has 3 amide bonds. The summed E-state index contributed by atoms with van der Waals surface area (Å²) in [6.45, 7) is 6.93. The Morgan fingerprint density at radius 2 is 1.94 bits per heavy atom. The predicted octanol–water partition coefficient (Wildman–Crippen LogP) is 3.01. The average Bonchev–Trinajstić information content (AvgIpc) is 3.38. The molecule has 0 aliphatic carbocycles. The molecule has 3 fully saturated rings. The minimum Gasteiger partial charge on any atom is -0.396 e. The Morgan fingerprint density at radius 1 is 1.24 bits per heavy atom. The molecule has 186 valence electrons. The van der Waals surface area contributed by atoms with Crippen molar-refractivity contribution < 1.29 is 19.5 Å². The fourth-order valence-electron chi connectivity index (χ4n) is 5.93. The number of thioether (sulfide) groups is 1. The molecular weight excluding hydrogens is 518 g/mol. The molecule has 3 heterocycles. The lowest BCUT2D eigenvalue weighted by Gasteiger charge is -2.35. The first-order chi connectivity index (χ1) is 16.3. The molecule has 1 aromatic carbocycles. The number of rotatable bonds is 9. The second kappa shape index (κ2) is 10.2. The molecule has 3 aliphatic heterocycles. The third-order valence-electron chi connectivity index (χ3n) is 7.43. The first-order valence-corrected chi connectivity index (χ1v) is 13.9. The van der Waals surface area contributed by atoms with E-state index in [1.165, 1.54) is 0 Å². The number of carbonyl (C=O) groups excluding carboxylic acids is 3. The topological polar surface area (TPSA) is 98.7 Å². The van der Waals surface area contributed by atoms with E-state index in [0.717, 1.165) is 23.2 Å². The van der Waals surface area contributed by atoms with Crippen molar-refractivity contribution in [2.24, 2.45) is 11.8 Å². The number of fused-ring (bicyclic) bond motifs is 1. The Bertz CT molecular complexity index is 955. The van der Waals surface area contributed by atoms with Crippen LogP contribution in [0.3, 0.4) is 0 Å². The zero-order valence-electron chi connectivity index (χ0n) is 20.0. The molecule has 9 heteroatoms. The van der Waals surface area contributed by atoms with Crippen molar-refractivity contribution in [1.82, 2.24) is 10.2 Å². The second-order valence-corrected chi connectivity index (χ2v) is 12.4. The van der Waals surface area contributed by atoms with E-state index >= 15 is 0 Å². The van der Waals surface area contributed by atoms with Gasteiger partial charge in [-0.15, -0.1) is 11.8 Å². The number of anilines is 1. The van der Waals surface area contributed by atoms with Crippen molar-refractivity contribution >= 4 is 51.1 Å². The van der Waals surface area contributed by atoms with Gasteiger partial charge < -0.3 is 20.6 Å². The van der Waals surface area contributed by atoms with Crippen LogP contribution in [0, 0.1) is 25.7 Å². The summed E-state index contributed by atoms with van der Waals surface area (Å²) in [6.07, 6.45) is 2.66. The average molecular weight is 553 g/mol. The zero-order chi connectivity index (χ0) is 24.6. The van der Waals surface area contributed by atoms with Gasteiger partial charge in [-0.05, 0) is 50.7 Å². The van der Waals surface area contributed by atoms with Crippen LogP contribution in [0.2, 0.25) is 0 Å². The number of amides is 3. The maximum atomic E-state index is 13.9. The maximum Gasteiger partial charge on any atom is 0.248 e. The van der Waals surface area contributed by atoms with Crippen LogP contribution in [0.15, 0.2) is 18.2 Å². The Balaban J connectivity index is 1.70. The number of nitrogens with zero attached hydrogens (tertiary/aromatic N) is 1. The van der Waals surface area contributed by atoms with Crippen LogP contribution in [0.1, 0.15) is 43.7 Å². The molecule has 3 unspecified atom stereocenters. The summed E-state index contributed by atoms with van der Waals surface area (Å²) < 4.78 is -0.649. The van der Waals surface area contributed by atoms with E-state index in [4.69, 9.17) is 0 Å². The third kappa shape index (κ3) is 4.17. The van der Waals surface area contributed by atoms with Crippen LogP contribution in [0.4, 0.5) is 5.69 Å². The molecule has 6 atom stereocenters. The van der Waals surface area contributed by atoms with E-state index in [1.807, 2.05) is 39.0 Å². The minimum absolute atomic E-state index is 0.0399. The number of benzene rings is 1. The van der Waals surface area contributed by atoms with Crippen LogP contribution >= 0.6 is 27.7 Å². The Kier molecular flexibility index (Phi) is 7.64. The predicted molar refractivity (Wildman–Crippen MR) is 138 cm³/mol. The minimum atomic E-state index is -0.665. The highest BCUT2D eigenvalue weighted by Crippen LogP contribution is 2.67. The molecule has 3 N–H and O–H groups in total. The van der Waals surface area contributed by atoms with Crippen LogP contribution in [0.5, 0.6) is 0 Å². The SMILES string of the molecule is CCCNC(=O)[C@H]1[C@@H]2SC3(CC2Br)C(C(=O)Nc2c(C)cccc2C)N(CCCCO)C(=O)[C@H]13. The van der Waals surface area contributed by atoms with Gasteiger partial charge in [0.1, 0.15) is 6.04 Å². The highest BCUT2D eigenvalue weighted by molar-refractivity contribution is 9.09. The van der Waals surface area contributed by atoms with Gasteiger partial charge in [-0.25, -0.2) is 0 Å². The Hall–Kier alpha value is -1.58. The van der Waals surface area contributed by atoms with E-state index in [1.54, 1.807) is 16.7 Å². The Morgan fingerprint density at radius 3 is 2.59 bits per heavy atom. The van der Waals surface area contributed by atoms with Gasteiger partial charge >= 0.3 is 0 Å². The summed E-state index contributed by atoms with van der Waals surface area (Å²) in [5.41, 5.74) is 2.72. The highest BCUT2D eigenvalue weighted by Gasteiger charge is 2.75. The lowest BCUT2D eigenvalue weighted by atomic mass is 9.70. The number of para-hydroxylation sites is 1. The van der Waals surface area contributed by atoms with Crippen LogP contribution in [0.25, 0.3) is 0 Å². The lowest BCUT2D eigenvalue weighted by Crippen LogP contribution is -2.53. The number of unbranched alkanes of at least 4 members (excludes halogenated alkanes) is 1. The molecule has 4 rings (SSSR count). The molecule has 0 saturated carbocycles. The van der Waals surface area contributed by atoms with E-state index in [0.29, 0.717) is 32.4 Å². The van der Waals surface area contributed by atoms with Gasteiger partial charge in [0.2, 0.25) is 17.7 Å². The number of likely N-dealkylation sites (tertiary alicyclic amines) is 1. The van der Waals surface area contributed by atoms with E-state index in [2.05, 4.69) is 26.6 Å².